The number of benzene rings is 2. The van der Waals surface area contributed by atoms with E-state index >= 15 is 0 Å². The first-order valence-electron chi connectivity index (χ1n) is 8.11. The fourth-order valence-electron chi connectivity index (χ4n) is 2.31. The number of hydrogen-bond acceptors (Lipinski definition) is 5. The number of aromatic hydroxyl groups is 1. The molecule has 0 atom stereocenters. The number of amidine groups is 1. The standard InChI is InChI=1S/C18H23N3O4S.ClH/c1-12(2)25-15-6-3-13(4-7-15)9-10-21-26(23,24)17-11-14(18(19)20)5-8-16(17)22;/h3-8,11-12,21-22H,9-10H2,1-2H3,(H3,19,20);1H. The van der Waals surface area contributed by atoms with Crippen LogP contribution in [0.15, 0.2) is 47.4 Å². The molecular formula is C18H24ClN3O4S. The smallest absolute Gasteiger partial charge is 0.244 e. The molecule has 0 spiro atoms. The van der Waals surface area contributed by atoms with Crippen molar-refractivity contribution in [3.63, 3.8) is 0 Å². The molecule has 7 nitrogen and oxygen atoms in total. The van der Waals surface area contributed by atoms with Crippen LogP contribution in [0.1, 0.15) is 25.0 Å². The second-order valence-electron chi connectivity index (χ2n) is 6.05. The first kappa shape index (κ1) is 22.8. The summed E-state index contributed by atoms with van der Waals surface area (Å²) < 4.78 is 32.8. The molecule has 0 radical (unpaired) electrons. The number of nitrogens with one attached hydrogen (secondary N) is 2. The van der Waals surface area contributed by atoms with Crippen LogP contribution in [0.4, 0.5) is 0 Å². The summed E-state index contributed by atoms with van der Waals surface area (Å²) in [6, 6.07) is 11.2. The second-order valence-corrected chi connectivity index (χ2v) is 7.79. The summed E-state index contributed by atoms with van der Waals surface area (Å²) in [5, 5.41) is 17.2. The van der Waals surface area contributed by atoms with Gasteiger partial charge in [0.2, 0.25) is 10.0 Å². The van der Waals surface area contributed by atoms with Crippen LogP contribution in [0.25, 0.3) is 0 Å². The number of halogens is 1. The lowest BCUT2D eigenvalue weighted by atomic mass is 10.1. The third-order valence-corrected chi connectivity index (χ3v) is 5.05. The van der Waals surface area contributed by atoms with Gasteiger partial charge >= 0.3 is 0 Å². The van der Waals surface area contributed by atoms with E-state index in [1.54, 1.807) is 0 Å². The van der Waals surface area contributed by atoms with Gasteiger partial charge in [-0.25, -0.2) is 13.1 Å². The van der Waals surface area contributed by atoms with E-state index < -0.39 is 15.8 Å². The van der Waals surface area contributed by atoms with Crippen LogP contribution < -0.4 is 15.2 Å². The molecule has 0 unspecified atom stereocenters. The van der Waals surface area contributed by atoms with Gasteiger partial charge in [-0.2, -0.15) is 0 Å². The number of phenols is 1. The van der Waals surface area contributed by atoms with Crippen LogP contribution in [-0.4, -0.2) is 32.0 Å². The van der Waals surface area contributed by atoms with Gasteiger partial charge in [-0.15, -0.1) is 12.4 Å². The van der Waals surface area contributed by atoms with E-state index in [-0.39, 0.29) is 41.4 Å². The Morgan fingerprint density at radius 3 is 2.41 bits per heavy atom. The lowest BCUT2D eigenvalue weighted by Crippen LogP contribution is -2.26. The number of rotatable bonds is 8. The predicted octanol–water partition coefficient (Wildman–Crippen LogP) is 2.41. The topological polar surface area (TPSA) is 126 Å². The molecule has 0 saturated heterocycles. The van der Waals surface area contributed by atoms with Crippen LogP contribution in [0.2, 0.25) is 0 Å². The molecule has 9 heteroatoms. The quantitative estimate of drug-likeness (QED) is 0.390. The summed E-state index contributed by atoms with van der Waals surface area (Å²) in [4.78, 5) is -0.300. The van der Waals surface area contributed by atoms with Crippen LogP contribution in [0.3, 0.4) is 0 Å². The molecule has 0 aliphatic carbocycles. The summed E-state index contributed by atoms with van der Waals surface area (Å²) in [6.07, 6.45) is 0.569. The van der Waals surface area contributed by atoms with E-state index in [0.29, 0.717) is 6.42 Å². The van der Waals surface area contributed by atoms with Crippen molar-refractivity contribution in [1.29, 1.82) is 5.41 Å². The van der Waals surface area contributed by atoms with Gasteiger partial charge in [-0.3, -0.25) is 5.41 Å². The van der Waals surface area contributed by atoms with Gasteiger partial charge in [-0.05, 0) is 56.2 Å². The molecule has 0 aromatic heterocycles. The third kappa shape index (κ3) is 6.42. The molecule has 2 rings (SSSR count). The number of sulfonamides is 1. The van der Waals surface area contributed by atoms with Crippen molar-refractivity contribution in [2.75, 3.05) is 6.54 Å². The van der Waals surface area contributed by atoms with E-state index in [1.807, 2.05) is 38.1 Å². The van der Waals surface area contributed by atoms with Crippen molar-refractivity contribution in [1.82, 2.24) is 4.72 Å². The van der Waals surface area contributed by atoms with Gasteiger partial charge in [0.1, 0.15) is 22.2 Å². The van der Waals surface area contributed by atoms with Gasteiger partial charge in [0, 0.05) is 12.1 Å². The predicted molar refractivity (Wildman–Crippen MR) is 107 cm³/mol. The third-order valence-electron chi connectivity index (χ3n) is 3.56. The molecule has 0 fully saturated rings. The van der Waals surface area contributed by atoms with Crippen molar-refractivity contribution in [3.8, 4) is 11.5 Å². The van der Waals surface area contributed by atoms with Crippen molar-refractivity contribution >= 4 is 28.3 Å². The van der Waals surface area contributed by atoms with Crippen LogP contribution in [0.5, 0.6) is 11.5 Å². The highest BCUT2D eigenvalue weighted by molar-refractivity contribution is 7.89. The van der Waals surface area contributed by atoms with Gasteiger partial charge in [0.15, 0.2) is 0 Å². The minimum atomic E-state index is -3.92. The lowest BCUT2D eigenvalue weighted by molar-refractivity contribution is 0.242. The van der Waals surface area contributed by atoms with Crippen LogP contribution in [0, 0.1) is 5.41 Å². The number of hydrogen-bond donors (Lipinski definition) is 4. The molecule has 0 aliphatic heterocycles. The zero-order valence-corrected chi connectivity index (χ0v) is 16.7. The second kappa shape index (κ2) is 9.59. The summed E-state index contributed by atoms with van der Waals surface area (Å²) in [5.41, 5.74) is 6.55. The Morgan fingerprint density at radius 2 is 1.85 bits per heavy atom. The Morgan fingerprint density at radius 1 is 1.22 bits per heavy atom. The average Bonchev–Trinajstić information content (AvgIpc) is 2.56. The molecule has 2 aromatic rings. The summed E-state index contributed by atoms with van der Waals surface area (Å²) in [7, 11) is -3.92. The summed E-state index contributed by atoms with van der Waals surface area (Å²) >= 11 is 0. The largest absolute Gasteiger partial charge is 0.507 e. The van der Waals surface area contributed by atoms with Crippen LogP contribution >= 0.6 is 12.4 Å². The number of ether oxygens (including phenoxy) is 1. The van der Waals surface area contributed by atoms with Crippen molar-refractivity contribution in [3.05, 3.63) is 53.6 Å². The number of phenolic OH excluding ortho intramolecular Hbond substituents is 1. The lowest BCUT2D eigenvalue weighted by Gasteiger charge is -2.11. The van der Waals surface area contributed by atoms with Crippen molar-refractivity contribution in [2.45, 2.75) is 31.3 Å². The zero-order chi connectivity index (χ0) is 19.3. The van der Waals surface area contributed by atoms with Gasteiger partial charge in [0.25, 0.3) is 0 Å². The minimum Gasteiger partial charge on any atom is -0.507 e. The molecule has 0 aliphatic rings. The van der Waals surface area contributed by atoms with E-state index in [9.17, 15) is 13.5 Å². The molecular weight excluding hydrogens is 390 g/mol. The van der Waals surface area contributed by atoms with Crippen molar-refractivity contribution in [2.24, 2.45) is 5.73 Å². The fraction of sp³-hybridized carbons (Fsp3) is 0.278. The highest BCUT2D eigenvalue weighted by atomic mass is 35.5. The molecule has 0 heterocycles. The maximum atomic E-state index is 12.4. The monoisotopic (exact) mass is 413 g/mol. The van der Waals surface area contributed by atoms with E-state index in [4.69, 9.17) is 15.9 Å². The molecule has 27 heavy (non-hydrogen) atoms. The molecule has 5 N–H and O–H groups in total. The molecule has 148 valence electrons. The number of nitrogen functional groups attached to an aromatic ring is 1. The molecule has 2 aromatic carbocycles. The Hall–Kier alpha value is -2.29. The summed E-state index contributed by atoms with van der Waals surface area (Å²) in [5.74, 6) is 0.0955. The Balaban J connectivity index is 0.00000364. The zero-order valence-electron chi connectivity index (χ0n) is 15.1. The first-order chi connectivity index (χ1) is 12.2. The van der Waals surface area contributed by atoms with E-state index in [1.165, 1.54) is 18.2 Å². The van der Waals surface area contributed by atoms with E-state index in [0.717, 1.165) is 11.3 Å². The average molecular weight is 414 g/mol. The SMILES string of the molecule is CC(C)Oc1ccc(CCNS(=O)(=O)c2cc(C(=N)N)ccc2O)cc1.Cl. The van der Waals surface area contributed by atoms with Gasteiger partial charge in [0.05, 0.1) is 6.10 Å². The van der Waals surface area contributed by atoms with Gasteiger partial charge < -0.3 is 15.6 Å². The first-order valence-corrected chi connectivity index (χ1v) is 9.60. The molecule has 0 saturated carbocycles. The maximum Gasteiger partial charge on any atom is 0.244 e. The van der Waals surface area contributed by atoms with Crippen LogP contribution in [-0.2, 0) is 16.4 Å². The Labute approximate surface area is 165 Å². The van der Waals surface area contributed by atoms with Crippen molar-refractivity contribution < 1.29 is 18.3 Å². The molecule has 0 amide bonds. The molecule has 0 bridgehead atoms. The minimum absolute atomic E-state index is 0. The van der Waals surface area contributed by atoms with Gasteiger partial charge in [-0.1, -0.05) is 12.1 Å². The number of nitrogens with two attached hydrogens (primary N) is 1. The maximum absolute atomic E-state index is 12.4. The summed E-state index contributed by atoms with van der Waals surface area (Å²) in [6.45, 7) is 4.05. The highest BCUT2D eigenvalue weighted by Gasteiger charge is 2.19. The Bertz CT molecular complexity index is 884. The Kier molecular flexibility index (Phi) is 8.08. The highest BCUT2D eigenvalue weighted by Crippen LogP contribution is 2.23. The van der Waals surface area contributed by atoms with E-state index in [2.05, 4.69) is 4.72 Å². The fourth-order valence-corrected chi connectivity index (χ4v) is 3.46. The normalized spacial score (nSPS) is 11.1.